The summed E-state index contributed by atoms with van der Waals surface area (Å²) >= 11 is 0. The monoisotopic (exact) mass is 504 g/mol. The molecule has 3 heterocycles. The number of amides is 3. The minimum Gasteiger partial charge on any atom is -0.370 e. The smallest absolute Gasteiger partial charge is 0.325 e. The number of nitrogens with zero attached hydrogens (tertiary/aromatic N) is 3. The summed E-state index contributed by atoms with van der Waals surface area (Å²) in [7, 11) is 3.45. The number of carbonyl (C=O) groups excluding carboxylic acids is 2. The lowest BCUT2D eigenvalue weighted by molar-refractivity contribution is -0.109. The van der Waals surface area contributed by atoms with Gasteiger partial charge in [0.25, 0.3) is 0 Å². The average Bonchev–Trinajstić information content (AvgIpc) is 2.92. The van der Waals surface area contributed by atoms with Crippen LogP contribution in [-0.4, -0.2) is 67.0 Å². The zero-order valence-corrected chi connectivity index (χ0v) is 21.2. The molecule has 1 aromatic carbocycles. The lowest BCUT2D eigenvalue weighted by Gasteiger charge is -2.36. The average molecular weight is 505 g/mol. The van der Waals surface area contributed by atoms with Crippen molar-refractivity contribution in [2.45, 2.75) is 25.4 Å². The second-order valence-electron chi connectivity index (χ2n) is 9.18. The molecule has 2 aliphatic heterocycles. The molecule has 1 aromatic heterocycles. The van der Waals surface area contributed by atoms with E-state index in [9.17, 15) is 14.0 Å². The minimum absolute atomic E-state index is 0.0152. The molecule has 4 rings (SSSR count). The lowest BCUT2D eigenvalue weighted by Crippen LogP contribution is -2.46. The Labute approximate surface area is 216 Å². The molecule has 1 atom stereocenters. The van der Waals surface area contributed by atoms with Gasteiger partial charge >= 0.3 is 6.03 Å². The summed E-state index contributed by atoms with van der Waals surface area (Å²) in [6.07, 6.45) is 10.3. The summed E-state index contributed by atoms with van der Waals surface area (Å²) in [6.45, 7) is 2.15. The predicted octanol–water partition coefficient (Wildman–Crippen LogP) is 2.81. The van der Waals surface area contributed by atoms with E-state index >= 15 is 0 Å². The Hall–Kier alpha value is -3.98. The van der Waals surface area contributed by atoms with Crippen LogP contribution in [0.2, 0.25) is 0 Å². The van der Waals surface area contributed by atoms with Crippen molar-refractivity contribution in [2.75, 3.05) is 33.7 Å². The molecular weight excluding hydrogens is 471 g/mol. The molecule has 37 heavy (non-hydrogen) atoms. The molecule has 2 aliphatic rings. The Morgan fingerprint density at radius 1 is 1.27 bits per heavy atom. The molecule has 0 fully saturated rings. The first kappa shape index (κ1) is 26.1. The number of hydrogen-bond acceptors (Lipinski definition) is 5. The van der Waals surface area contributed by atoms with Gasteiger partial charge in [-0.1, -0.05) is 36.4 Å². The predicted molar refractivity (Wildman–Crippen MR) is 142 cm³/mol. The van der Waals surface area contributed by atoms with Gasteiger partial charge in [0, 0.05) is 45.5 Å². The van der Waals surface area contributed by atoms with Crippen molar-refractivity contribution in [3.8, 4) is 0 Å². The van der Waals surface area contributed by atoms with Gasteiger partial charge in [-0.3, -0.25) is 14.7 Å². The van der Waals surface area contributed by atoms with Crippen LogP contribution in [0.1, 0.15) is 23.2 Å². The molecule has 0 radical (unpaired) electrons. The van der Waals surface area contributed by atoms with E-state index in [2.05, 4.69) is 34.2 Å². The number of aromatic nitrogens is 1. The van der Waals surface area contributed by atoms with Crippen molar-refractivity contribution < 1.29 is 14.0 Å². The third kappa shape index (κ3) is 6.42. The number of pyridine rings is 1. The van der Waals surface area contributed by atoms with Crippen LogP contribution in [0.4, 0.5) is 9.18 Å². The molecule has 3 N–H and O–H groups in total. The van der Waals surface area contributed by atoms with E-state index in [0.717, 1.165) is 35.2 Å². The summed E-state index contributed by atoms with van der Waals surface area (Å²) in [5.41, 5.74) is 4.33. The van der Waals surface area contributed by atoms with E-state index in [1.807, 2.05) is 18.2 Å². The van der Waals surface area contributed by atoms with E-state index in [-0.39, 0.29) is 17.9 Å². The summed E-state index contributed by atoms with van der Waals surface area (Å²) in [4.78, 5) is 31.9. The van der Waals surface area contributed by atoms with Crippen LogP contribution in [0.15, 0.2) is 72.2 Å². The first-order valence-electron chi connectivity index (χ1n) is 12.4. The van der Waals surface area contributed by atoms with E-state index in [0.29, 0.717) is 44.0 Å². The highest BCUT2D eigenvalue weighted by atomic mass is 19.1. The summed E-state index contributed by atoms with van der Waals surface area (Å²) in [5.74, 6) is 0.396. The van der Waals surface area contributed by atoms with Gasteiger partial charge in [-0.2, -0.15) is 0 Å². The molecule has 8 nitrogen and oxygen atoms in total. The van der Waals surface area contributed by atoms with Crippen LogP contribution < -0.4 is 16.0 Å². The van der Waals surface area contributed by atoms with Gasteiger partial charge in [-0.05, 0) is 54.3 Å². The molecule has 0 aliphatic carbocycles. The maximum Gasteiger partial charge on any atom is 0.325 e. The molecule has 0 saturated carbocycles. The van der Waals surface area contributed by atoms with Crippen molar-refractivity contribution in [3.05, 3.63) is 94.9 Å². The fraction of sp³-hybridized carbons (Fsp3) is 0.321. The van der Waals surface area contributed by atoms with Crippen LogP contribution in [0.3, 0.4) is 0 Å². The highest BCUT2D eigenvalue weighted by molar-refractivity contribution is 5.87. The number of hydrogen-bond donors (Lipinski definition) is 3. The molecular formula is C28H33FN6O2. The topological polar surface area (TPSA) is 89.6 Å². The molecule has 3 amide bonds. The molecule has 2 aromatic rings. The normalized spacial score (nSPS) is 17.3. The van der Waals surface area contributed by atoms with Gasteiger partial charge in [-0.25, -0.2) is 9.18 Å². The molecule has 0 bridgehead atoms. The van der Waals surface area contributed by atoms with Crippen molar-refractivity contribution in [2.24, 2.45) is 0 Å². The largest absolute Gasteiger partial charge is 0.370 e. The second-order valence-corrected chi connectivity index (χ2v) is 9.18. The first-order valence-corrected chi connectivity index (χ1v) is 12.4. The molecule has 0 spiro atoms. The van der Waals surface area contributed by atoms with E-state index in [1.165, 1.54) is 12.1 Å². The van der Waals surface area contributed by atoms with Crippen LogP contribution >= 0.6 is 0 Å². The van der Waals surface area contributed by atoms with Crippen LogP contribution in [0.25, 0.3) is 5.57 Å². The van der Waals surface area contributed by atoms with E-state index < -0.39 is 0 Å². The highest BCUT2D eigenvalue weighted by Gasteiger charge is 2.31. The second kappa shape index (κ2) is 12.3. The fourth-order valence-corrected chi connectivity index (χ4v) is 4.50. The zero-order valence-electron chi connectivity index (χ0n) is 21.2. The first-order chi connectivity index (χ1) is 18.0. The van der Waals surface area contributed by atoms with Crippen molar-refractivity contribution in [1.29, 1.82) is 0 Å². The summed E-state index contributed by atoms with van der Waals surface area (Å²) in [5, 5.41) is 9.69. The molecule has 1 unspecified atom stereocenters. The maximum absolute atomic E-state index is 13.7. The number of carbonyl (C=O) groups is 2. The quantitative estimate of drug-likeness (QED) is 0.361. The standard InChI is InChI=1S/C28H33FN6O2/c1-34(2)28(37)35-15-12-23(24-8-3-4-13-31-24)26(25-10-9-21(18-33-25)17-30-19-36)27(35)32-14-11-20-6-5-7-22(29)16-20/h3,5-10,12,16,18-19,24,31-32H,4,11,13-15,17H2,1-2H3,(H,30,36). The Morgan fingerprint density at radius 2 is 2.14 bits per heavy atom. The Balaban J connectivity index is 1.74. The third-order valence-electron chi connectivity index (χ3n) is 6.31. The fourth-order valence-electron chi connectivity index (χ4n) is 4.50. The Bertz CT molecular complexity index is 1210. The van der Waals surface area contributed by atoms with Gasteiger partial charge < -0.3 is 20.9 Å². The SMILES string of the molecule is CN(C)C(=O)N1CC=C(C2C=CCCN2)C(c2ccc(CNC=O)cn2)=C1NCCc1cccc(F)c1. The van der Waals surface area contributed by atoms with Gasteiger partial charge in [0.15, 0.2) is 0 Å². The van der Waals surface area contributed by atoms with Gasteiger partial charge in [-0.15, -0.1) is 0 Å². The van der Waals surface area contributed by atoms with Gasteiger partial charge in [0.1, 0.15) is 11.6 Å². The molecule has 9 heteroatoms. The minimum atomic E-state index is -0.270. The van der Waals surface area contributed by atoms with E-state index in [1.54, 1.807) is 36.2 Å². The Kier molecular flexibility index (Phi) is 8.68. The number of nitrogens with one attached hydrogen (secondary N) is 3. The number of rotatable bonds is 9. The number of benzene rings is 1. The third-order valence-corrected chi connectivity index (χ3v) is 6.31. The van der Waals surface area contributed by atoms with Crippen LogP contribution in [-0.2, 0) is 17.8 Å². The van der Waals surface area contributed by atoms with E-state index in [4.69, 9.17) is 4.98 Å². The van der Waals surface area contributed by atoms with Crippen LogP contribution in [0, 0.1) is 5.82 Å². The lowest BCUT2D eigenvalue weighted by atomic mass is 9.90. The van der Waals surface area contributed by atoms with Gasteiger partial charge in [0.05, 0.1) is 11.7 Å². The highest BCUT2D eigenvalue weighted by Crippen LogP contribution is 2.33. The van der Waals surface area contributed by atoms with Crippen molar-refractivity contribution >= 4 is 18.0 Å². The maximum atomic E-state index is 13.7. The van der Waals surface area contributed by atoms with Gasteiger partial charge in [0.2, 0.25) is 6.41 Å². The summed E-state index contributed by atoms with van der Waals surface area (Å²) < 4.78 is 13.7. The number of urea groups is 1. The zero-order chi connectivity index (χ0) is 26.2. The Morgan fingerprint density at radius 3 is 2.81 bits per heavy atom. The summed E-state index contributed by atoms with van der Waals surface area (Å²) in [6, 6.07) is 10.2. The van der Waals surface area contributed by atoms with Crippen LogP contribution in [0.5, 0.6) is 0 Å². The number of halogens is 1. The van der Waals surface area contributed by atoms with Crippen molar-refractivity contribution in [3.63, 3.8) is 0 Å². The molecule has 194 valence electrons. The van der Waals surface area contributed by atoms with Crippen molar-refractivity contribution in [1.82, 2.24) is 30.7 Å². The molecule has 0 saturated heterocycles.